The molecule has 1 aromatic heterocycles. The molecule has 2 aromatic rings. The lowest BCUT2D eigenvalue weighted by Gasteiger charge is -2.10. The van der Waals surface area contributed by atoms with E-state index in [1.807, 2.05) is 29.2 Å². The van der Waals surface area contributed by atoms with Crippen LogP contribution in [0.3, 0.4) is 0 Å². The molecule has 2 rings (SSSR count). The Morgan fingerprint density at radius 3 is 2.90 bits per heavy atom. The quantitative estimate of drug-likeness (QED) is 0.736. The van der Waals surface area contributed by atoms with E-state index in [0.717, 1.165) is 41.8 Å². The molecule has 4 nitrogen and oxygen atoms in total. The SMILES string of the molecule is CCCNCc1cc(OCc2cnn(CC)c2)ccc1Br. The van der Waals surface area contributed by atoms with Crippen molar-refractivity contribution in [1.29, 1.82) is 0 Å². The Kier molecular flexibility index (Phi) is 6.26. The number of rotatable bonds is 8. The van der Waals surface area contributed by atoms with Gasteiger partial charge < -0.3 is 10.1 Å². The van der Waals surface area contributed by atoms with E-state index in [4.69, 9.17) is 4.74 Å². The number of halogens is 1. The Balaban J connectivity index is 1.94. The van der Waals surface area contributed by atoms with Gasteiger partial charge in [-0.1, -0.05) is 22.9 Å². The van der Waals surface area contributed by atoms with Crippen LogP contribution in [0.2, 0.25) is 0 Å². The summed E-state index contributed by atoms with van der Waals surface area (Å²) in [7, 11) is 0. The van der Waals surface area contributed by atoms with Gasteiger partial charge >= 0.3 is 0 Å². The largest absolute Gasteiger partial charge is 0.489 e. The van der Waals surface area contributed by atoms with Crippen molar-refractivity contribution >= 4 is 15.9 Å². The minimum Gasteiger partial charge on any atom is -0.489 e. The van der Waals surface area contributed by atoms with Crippen LogP contribution in [0.5, 0.6) is 5.75 Å². The standard InChI is InChI=1S/C16H22BrN3O/c1-3-7-18-10-14-8-15(5-6-16(14)17)21-12-13-9-19-20(4-2)11-13/h5-6,8-9,11,18H,3-4,7,10,12H2,1-2H3. The van der Waals surface area contributed by atoms with Gasteiger partial charge in [-0.15, -0.1) is 0 Å². The van der Waals surface area contributed by atoms with Crippen molar-refractivity contribution in [1.82, 2.24) is 15.1 Å². The molecule has 0 radical (unpaired) electrons. The van der Waals surface area contributed by atoms with Crippen LogP contribution in [0.25, 0.3) is 0 Å². The number of aryl methyl sites for hydroxylation is 1. The minimum atomic E-state index is 0.545. The second-order valence-electron chi connectivity index (χ2n) is 4.92. The molecule has 1 N–H and O–H groups in total. The summed E-state index contributed by atoms with van der Waals surface area (Å²) >= 11 is 3.58. The predicted molar refractivity (Wildman–Crippen MR) is 88.4 cm³/mol. The molecule has 0 fully saturated rings. The zero-order chi connectivity index (χ0) is 15.1. The average Bonchev–Trinajstić information content (AvgIpc) is 2.96. The smallest absolute Gasteiger partial charge is 0.120 e. The molecule has 1 aromatic carbocycles. The summed E-state index contributed by atoms with van der Waals surface area (Å²) in [5, 5.41) is 7.65. The number of hydrogen-bond acceptors (Lipinski definition) is 3. The summed E-state index contributed by atoms with van der Waals surface area (Å²) in [6, 6.07) is 6.10. The molecule has 0 saturated heterocycles. The maximum atomic E-state index is 5.85. The Hall–Kier alpha value is -1.33. The summed E-state index contributed by atoms with van der Waals surface area (Å²) in [6.45, 7) is 7.53. The molecule has 0 bridgehead atoms. The normalized spacial score (nSPS) is 10.8. The van der Waals surface area contributed by atoms with Crippen LogP contribution in [0.1, 0.15) is 31.4 Å². The van der Waals surface area contributed by atoms with E-state index in [1.165, 1.54) is 5.56 Å². The molecule has 5 heteroatoms. The van der Waals surface area contributed by atoms with E-state index < -0.39 is 0 Å². The van der Waals surface area contributed by atoms with Crippen molar-refractivity contribution in [2.45, 2.75) is 40.0 Å². The monoisotopic (exact) mass is 351 g/mol. The maximum Gasteiger partial charge on any atom is 0.120 e. The molecule has 0 aliphatic rings. The first-order valence-corrected chi connectivity index (χ1v) is 8.15. The van der Waals surface area contributed by atoms with Crippen LogP contribution in [0, 0.1) is 0 Å². The van der Waals surface area contributed by atoms with Crippen molar-refractivity contribution in [2.75, 3.05) is 6.54 Å². The third-order valence-electron chi connectivity index (χ3n) is 3.18. The molecule has 0 saturated carbocycles. The highest BCUT2D eigenvalue weighted by Gasteiger charge is 2.04. The van der Waals surface area contributed by atoms with Crippen LogP contribution >= 0.6 is 15.9 Å². The Labute approximate surface area is 134 Å². The molecule has 0 aliphatic heterocycles. The minimum absolute atomic E-state index is 0.545. The molecule has 0 amide bonds. The first kappa shape index (κ1) is 16.0. The van der Waals surface area contributed by atoms with Crippen molar-refractivity contribution in [3.63, 3.8) is 0 Å². The molecule has 1 heterocycles. The van der Waals surface area contributed by atoms with Gasteiger partial charge in [0.2, 0.25) is 0 Å². The lowest BCUT2D eigenvalue weighted by molar-refractivity contribution is 0.305. The Morgan fingerprint density at radius 1 is 1.33 bits per heavy atom. The van der Waals surface area contributed by atoms with Gasteiger partial charge in [-0.3, -0.25) is 4.68 Å². The van der Waals surface area contributed by atoms with E-state index in [2.05, 4.69) is 46.3 Å². The number of nitrogens with zero attached hydrogens (tertiary/aromatic N) is 2. The van der Waals surface area contributed by atoms with Gasteiger partial charge in [-0.2, -0.15) is 5.10 Å². The highest BCUT2D eigenvalue weighted by molar-refractivity contribution is 9.10. The predicted octanol–water partition coefficient (Wildman–Crippen LogP) is 3.74. The molecule has 0 aliphatic carbocycles. The van der Waals surface area contributed by atoms with E-state index >= 15 is 0 Å². The number of aromatic nitrogens is 2. The Morgan fingerprint density at radius 2 is 2.19 bits per heavy atom. The number of nitrogens with one attached hydrogen (secondary N) is 1. The molecule has 114 valence electrons. The highest BCUT2D eigenvalue weighted by atomic mass is 79.9. The molecule has 0 atom stereocenters. The van der Waals surface area contributed by atoms with Gasteiger partial charge in [0.1, 0.15) is 12.4 Å². The van der Waals surface area contributed by atoms with Gasteiger partial charge in [0, 0.05) is 29.3 Å². The zero-order valence-electron chi connectivity index (χ0n) is 12.6. The van der Waals surface area contributed by atoms with Gasteiger partial charge in [0.15, 0.2) is 0 Å². The average molecular weight is 352 g/mol. The second kappa shape index (κ2) is 8.20. The number of benzene rings is 1. The Bertz CT molecular complexity index is 568. The number of ether oxygens (including phenoxy) is 1. The van der Waals surface area contributed by atoms with Crippen molar-refractivity contribution in [3.8, 4) is 5.75 Å². The van der Waals surface area contributed by atoms with Crippen LogP contribution in [-0.4, -0.2) is 16.3 Å². The fraction of sp³-hybridized carbons (Fsp3) is 0.438. The lowest BCUT2D eigenvalue weighted by Crippen LogP contribution is -2.14. The fourth-order valence-electron chi connectivity index (χ4n) is 2.00. The van der Waals surface area contributed by atoms with Crippen LogP contribution in [0.4, 0.5) is 0 Å². The third-order valence-corrected chi connectivity index (χ3v) is 3.95. The topological polar surface area (TPSA) is 39.1 Å². The van der Waals surface area contributed by atoms with E-state index in [1.54, 1.807) is 0 Å². The van der Waals surface area contributed by atoms with Gasteiger partial charge in [-0.05, 0) is 43.7 Å². The fourth-order valence-corrected chi connectivity index (χ4v) is 2.38. The summed E-state index contributed by atoms with van der Waals surface area (Å²) in [6.07, 6.45) is 5.00. The number of hydrogen-bond donors (Lipinski definition) is 1. The summed E-state index contributed by atoms with van der Waals surface area (Å²) < 4.78 is 8.86. The van der Waals surface area contributed by atoms with E-state index in [-0.39, 0.29) is 0 Å². The molecular weight excluding hydrogens is 330 g/mol. The third kappa shape index (κ3) is 4.86. The zero-order valence-corrected chi connectivity index (χ0v) is 14.2. The van der Waals surface area contributed by atoms with Crippen molar-refractivity contribution in [3.05, 3.63) is 46.2 Å². The highest BCUT2D eigenvalue weighted by Crippen LogP contribution is 2.23. The molecule has 0 spiro atoms. The van der Waals surface area contributed by atoms with Crippen molar-refractivity contribution in [2.24, 2.45) is 0 Å². The summed E-state index contributed by atoms with van der Waals surface area (Å²) in [5.74, 6) is 0.885. The lowest BCUT2D eigenvalue weighted by atomic mass is 10.2. The first-order chi connectivity index (χ1) is 10.2. The maximum absolute atomic E-state index is 5.85. The molecule has 0 unspecified atom stereocenters. The van der Waals surface area contributed by atoms with Crippen molar-refractivity contribution < 1.29 is 4.74 Å². The van der Waals surface area contributed by atoms with Crippen LogP contribution in [0.15, 0.2) is 35.1 Å². The van der Waals surface area contributed by atoms with E-state index in [9.17, 15) is 0 Å². The van der Waals surface area contributed by atoms with E-state index in [0.29, 0.717) is 6.61 Å². The van der Waals surface area contributed by atoms with Gasteiger partial charge in [0.25, 0.3) is 0 Å². The molecule has 21 heavy (non-hydrogen) atoms. The van der Waals surface area contributed by atoms with Crippen LogP contribution < -0.4 is 10.1 Å². The van der Waals surface area contributed by atoms with Gasteiger partial charge in [0.05, 0.1) is 6.20 Å². The molecular formula is C16H22BrN3O. The first-order valence-electron chi connectivity index (χ1n) is 7.36. The van der Waals surface area contributed by atoms with Crippen LogP contribution in [-0.2, 0) is 19.7 Å². The van der Waals surface area contributed by atoms with Gasteiger partial charge in [-0.25, -0.2) is 0 Å². The second-order valence-corrected chi connectivity index (χ2v) is 5.78. The summed E-state index contributed by atoms with van der Waals surface area (Å²) in [4.78, 5) is 0. The summed E-state index contributed by atoms with van der Waals surface area (Å²) in [5.41, 5.74) is 2.30.